The van der Waals surface area contributed by atoms with Crippen LogP contribution in [0.3, 0.4) is 0 Å². The second-order valence-electron chi connectivity index (χ2n) is 37.2. The number of likely N-dealkylation sites (tertiary alicyclic amines) is 3. The van der Waals surface area contributed by atoms with Gasteiger partial charge in [0.15, 0.2) is 22.9 Å². The number of allylic oxidation sites excluding steroid dienone is 2. The van der Waals surface area contributed by atoms with E-state index in [1.54, 1.807) is 32.4 Å². The SMILES string of the molecule is C=CCn1c(=O)c2cnc(Nc3ccc(NCCNC4CCN(CC5CCN(c6ccc(C7CCC(=O)NC7=O)cc6)CC5)CC4)cc3/C=C/Cn3c(=O)c4cnc(Nc5ccc(C6CCN(C7CCN(C8CN(c9cc%10c(cc9F)C(=O)N(C9CCC(=O)NC9=O)C%10)C8)CC7)CC6)cc5)nc4n3-c3ccc4c(n3)[C@](O)(CC)CC4)nc2n1-c1ccc2c(n1)[C@@](O)(CC)CC2. The maximum Gasteiger partial charge on any atom is 0.278 e. The summed E-state index contributed by atoms with van der Waals surface area (Å²) in [5.74, 6) is 0.00979. The van der Waals surface area contributed by atoms with Crippen molar-refractivity contribution in [3.63, 3.8) is 0 Å². The molecule has 4 atom stereocenters. The van der Waals surface area contributed by atoms with Crippen LogP contribution in [0.5, 0.6) is 0 Å². The third-order valence-electron chi connectivity index (χ3n) is 29.6. The van der Waals surface area contributed by atoms with Gasteiger partial charge in [-0.3, -0.25) is 49.1 Å². The second-order valence-corrected chi connectivity index (χ2v) is 37.2. The molecule has 676 valence electrons. The minimum absolute atomic E-state index is 0.0547. The normalized spacial score (nSPS) is 22.4. The molecule has 2 aliphatic carbocycles. The van der Waals surface area contributed by atoms with Gasteiger partial charge in [0.2, 0.25) is 35.5 Å². The van der Waals surface area contributed by atoms with E-state index in [1.165, 1.54) is 33.1 Å². The van der Waals surface area contributed by atoms with Crippen LogP contribution in [0.4, 0.5) is 44.7 Å². The largest absolute Gasteiger partial charge is 0.384 e. The lowest BCUT2D eigenvalue weighted by Gasteiger charge is -2.50. The molecule has 8 aliphatic heterocycles. The molecule has 130 heavy (non-hydrogen) atoms. The number of carbonyl (C=O) groups is 5. The molecule has 0 bridgehead atoms. The average molecular weight is 1760 g/mol. The maximum absolute atomic E-state index is 15.7. The average Bonchev–Trinajstić information content (AvgIpc) is 1.60. The van der Waals surface area contributed by atoms with Gasteiger partial charge in [-0.05, 0) is 241 Å². The van der Waals surface area contributed by atoms with Crippen molar-refractivity contribution in [2.45, 2.75) is 196 Å². The Morgan fingerprint density at radius 3 is 1.80 bits per heavy atom. The van der Waals surface area contributed by atoms with Gasteiger partial charge in [-0.15, -0.1) is 6.58 Å². The van der Waals surface area contributed by atoms with Crippen molar-refractivity contribution in [1.82, 2.24) is 84.2 Å². The van der Waals surface area contributed by atoms with Crippen molar-refractivity contribution in [3.8, 4) is 11.6 Å². The quantitative estimate of drug-likeness (QED) is 0.0135. The lowest BCUT2D eigenvalue weighted by molar-refractivity contribution is -0.137. The molecule has 0 spiro atoms. The fraction of sp³-hybridized carbons (Fsp3) is 0.459. The van der Waals surface area contributed by atoms with E-state index < -0.39 is 29.0 Å². The summed E-state index contributed by atoms with van der Waals surface area (Å²) in [4.78, 5) is 135. The van der Waals surface area contributed by atoms with E-state index in [9.17, 15) is 39.0 Å². The van der Waals surface area contributed by atoms with E-state index in [0.29, 0.717) is 152 Å². The number of nitrogens with one attached hydrogen (secondary N) is 6. The first-order valence-electron chi connectivity index (χ1n) is 46.8. The number of aliphatic hydroxyl groups is 2. The molecule has 14 heterocycles. The van der Waals surface area contributed by atoms with E-state index in [0.717, 1.165) is 150 Å². The minimum atomic E-state index is -1.15. The van der Waals surface area contributed by atoms with Gasteiger partial charge in [0.25, 0.3) is 17.0 Å². The lowest BCUT2D eigenvalue weighted by Crippen LogP contribution is -2.62. The van der Waals surface area contributed by atoms with E-state index in [-0.39, 0.29) is 101 Å². The molecular weight excluding hydrogens is 1650 g/mol. The molecule has 10 aliphatic rings. The van der Waals surface area contributed by atoms with Crippen LogP contribution in [0.2, 0.25) is 0 Å². The third-order valence-corrected chi connectivity index (χ3v) is 29.6. The number of pyridine rings is 2. The Morgan fingerprint density at radius 1 is 0.569 bits per heavy atom. The summed E-state index contributed by atoms with van der Waals surface area (Å²) in [5.41, 5.74) is 8.69. The number of imide groups is 2. The molecule has 8 N–H and O–H groups in total. The Balaban J connectivity index is 0.500. The molecule has 10 aromatic rings. The molecule has 7 fully saturated rings. The van der Waals surface area contributed by atoms with Gasteiger partial charge in [-0.1, -0.05) is 68.5 Å². The molecule has 4 aromatic carbocycles. The fourth-order valence-electron chi connectivity index (χ4n) is 21.8. The summed E-state index contributed by atoms with van der Waals surface area (Å²) in [6.07, 6.45) is 21.9. The monoisotopic (exact) mass is 1760 g/mol. The van der Waals surface area contributed by atoms with Crippen LogP contribution in [0.15, 0.2) is 144 Å². The van der Waals surface area contributed by atoms with Crippen LogP contribution < -0.4 is 52.8 Å². The first kappa shape index (κ1) is 85.9. The summed E-state index contributed by atoms with van der Waals surface area (Å²) in [6.45, 7) is 20.2. The number of rotatable bonds is 27. The maximum atomic E-state index is 15.7. The van der Waals surface area contributed by atoms with Gasteiger partial charge in [0.05, 0.1) is 36.1 Å². The van der Waals surface area contributed by atoms with Gasteiger partial charge in [-0.2, -0.15) is 9.97 Å². The van der Waals surface area contributed by atoms with Crippen molar-refractivity contribution < 1.29 is 38.6 Å². The van der Waals surface area contributed by atoms with Crippen LogP contribution >= 0.6 is 0 Å². The third kappa shape index (κ3) is 16.9. The molecular formula is C98H113FN22O9. The fourth-order valence-corrected chi connectivity index (χ4v) is 21.8. The van der Waals surface area contributed by atoms with Crippen molar-refractivity contribution >= 4 is 98.0 Å². The number of fused-ring (bicyclic) bond motifs is 5. The molecule has 32 heteroatoms. The highest BCUT2D eigenvalue weighted by atomic mass is 19.1. The number of benzene rings is 4. The summed E-state index contributed by atoms with van der Waals surface area (Å²) in [5, 5.41) is 43.6. The molecule has 6 aromatic heterocycles. The standard InChI is InChI=1S/C98H113FN22O9/c1-4-41-118-93(127)76-55-103-96(111-89(76)120(118)82-23-13-64-27-37-97(129,5-2)86(64)106-82)105-79-21-17-70(101-40-39-100-68-33-43-112(44-34-68)56-60-29-45-113(46-30-60)71-18-11-63(12-19-71)74-20-25-84(122)108-90(74)124)51-66(79)8-7-42-119-94(128)77-54-102-95(110-88(77)121(119)83-24-14-65-28-38-98(130,6-3)87(65)107-83)104-69-15-9-61(10-16-69)62-31-47-114(48-32-62)72-35-49-115(50-36-72)73-58-116(59-73)81-52-67-57-117(92(126)75(67)53-78(81)99)80-22-26-85(123)109-91(80)125/h4,7-19,21,23-24,51-55,60,62,68,72-74,80,100-101,129-130H,1,5-6,20,22,25-50,56-59H2,2-3H3,(H,102,104,110)(H,103,105,111)(H,108,122,124)(H,109,123,125)/b8-7+/t74?,80?,97-,98+/m1/s1. The van der Waals surface area contributed by atoms with Crippen LogP contribution in [0.1, 0.15) is 184 Å². The van der Waals surface area contributed by atoms with Crippen LogP contribution in [-0.2, 0) is 62.9 Å². The number of anilines is 7. The topological polar surface area (TPSA) is 349 Å². The lowest BCUT2D eigenvalue weighted by atomic mass is 9.87. The van der Waals surface area contributed by atoms with Crippen molar-refractivity contribution in [3.05, 3.63) is 211 Å². The molecule has 20 rings (SSSR count). The van der Waals surface area contributed by atoms with E-state index >= 15 is 9.18 Å². The van der Waals surface area contributed by atoms with E-state index in [4.69, 9.17) is 29.9 Å². The van der Waals surface area contributed by atoms with Crippen LogP contribution in [0, 0.1) is 11.7 Å². The van der Waals surface area contributed by atoms with Crippen LogP contribution in [-0.4, -0.2) is 217 Å². The van der Waals surface area contributed by atoms with Gasteiger partial charge < -0.3 is 56.0 Å². The Labute approximate surface area is 752 Å². The highest BCUT2D eigenvalue weighted by Crippen LogP contribution is 2.43. The van der Waals surface area contributed by atoms with Crippen molar-refractivity contribution in [2.24, 2.45) is 5.92 Å². The number of nitrogens with zero attached hydrogens (tertiary/aromatic N) is 16. The summed E-state index contributed by atoms with van der Waals surface area (Å²) in [6, 6.07) is 34.0. The van der Waals surface area contributed by atoms with Crippen molar-refractivity contribution in [1.29, 1.82) is 0 Å². The molecule has 5 amide bonds. The number of hydrogen-bond acceptors (Lipinski definition) is 24. The first-order valence-corrected chi connectivity index (χ1v) is 46.8. The minimum Gasteiger partial charge on any atom is -0.384 e. The van der Waals surface area contributed by atoms with E-state index in [1.807, 2.05) is 85.5 Å². The smallest absolute Gasteiger partial charge is 0.278 e. The zero-order valence-electron chi connectivity index (χ0n) is 73.8. The zero-order chi connectivity index (χ0) is 89.2. The highest BCUT2D eigenvalue weighted by molar-refractivity contribution is 6.06. The molecule has 0 saturated carbocycles. The Hall–Kier alpha value is -12.2. The van der Waals surface area contributed by atoms with Gasteiger partial charge in [-0.25, -0.2) is 43.1 Å². The Morgan fingerprint density at radius 2 is 1.17 bits per heavy atom. The number of amides is 5. The molecule has 7 saturated heterocycles. The first-order chi connectivity index (χ1) is 63.2. The van der Waals surface area contributed by atoms with Gasteiger partial charge in [0.1, 0.15) is 33.8 Å². The summed E-state index contributed by atoms with van der Waals surface area (Å²) in [7, 11) is 0. The number of hydrogen-bond donors (Lipinski definition) is 8. The van der Waals surface area contributed by atoms with Gasteiger partial charge >= 0.3 is 0 Å². The number of halogens is 1. The highest BCUT2D eigenvalue weighted by Gasteiger charge is 2.44. The second kappa shape index (κ2) is 35.9. The molecule has 31 nitrogen and oxygen atoms in total. The number of piperidine rings is 6. The Kier molecular flexibility index (Phi) is 23.7. The Bertz CT molecular complexity index is 6210. The van der Waals surface area contributed by atoms with Crippen molar-refractivity contribution in [2.75, 3.05) is 111 Å². The predicted molar refractivity (Wildman–Crippen MR) is 495 cm³/mol. The van der Waals surface area contributed by atoms with Gasteiger partial charge in [0, 0.05) is 137 Å². The number of aromatic nitrogens is 10. The number of carbonyl (C=O) groups excluding carboxylic acids is 5. The zero-order valence-corrected chi connectivity index (χ0v) is 73.8. The summed E-state index contributed by atoms with van der Waals surface area (Å²) >= 11 is 0. The molecule has 2 unspecified atom stereocenters. The molecule has 0 radical (unpaired) electrons. The van der Waals surface area contributed by atoms with Crippen LogP contribution in [0.25, 0.3) is 39.8 Å². The summed E-state index contributed by atoms with van der Waals surface area (Å²) < 4.78 is 22.2. The van der Waals surface area contributed by atoms with E-state index in [2.05, 4.69) is 94.5 Å². The number of aryl methyl sites for hydroxylation is 2. The predicted octanol–water partition coefficient (Wildman–Crippen LogP) is 10.1.